The van der Waals surface area contributed by atoms with Crippen molar-refractivity contribution in [1.82, 2.24) is 0 Å². The molecule has 0 fully saturated rings. The molecule has 0 saturated carbocycles. The molecule has 1 aromatic rings. The van der Waals surface area contributed by atoms with E-state index in [9.17, 15) is 4.79 Å². The molecule has 0 unspecified atom stereocenters. The van der Waals surface area contributed by atoms with Crippen LogP contribution < -0.4 is 4.74 Å². The lowest BCUT2D eigenvalue weighted by molar-refractivity contribution is -0.104. The fourth-order valence-corrected chi connectivity index (χ4v) is 0.962. The van der Waals surface area contributed by atoms with E-state index in [0.29, 0.717) is 12.0 Å². The van der Waals surface area contributed by atoms with Crippen molar-refractivity contribution in [2.24, 2.45) is 0 Å². The smallest absolute Gasteiger partial charge is 0.186 e. The maximum Gasteiger partial charge on any atom is 0.186 e. The summed E-state index contributed by atoms with van der Waals surface area (Å²) in [6.07, 6.45) is 3.69. The van der Waals surface area contributed by atoms with Gasteiger partial charge in [0.1, 0.15) is 12.0 Å². The van der Waals surface area contributed by atoms with Crippen molar-refractivity contribution in [3.05, 3.63) is 35.9 Å². The van der Waals surface area contributed by atoms with Gasteiger partial charge in [-0.05, 0) is 18.2 Å². The summed E-state index contributed by atoms with van der Waals surface area (Å²) in [6, 6.07) is 7.14. The van der Waals surface area contributed by atoms with Crippen LogP contribution in [0, 0.1) is 0 Å². The summed E-state index contributed by atoms with van der Waals surface area (Å²) in [7, 11) is 0. The molecule has 1 rings (SSSR count). The van der Waals surface area contributed by atoms with Crippen LogP contribution in [0.4, 0.5) is 0 Å². The molecule has 0 aliphatic rings. The van der Waals surface area contributed by atoms with E-state index in [-0.39, 0.29) is 6.79 Å². The van der Waals surface area contributed by atoms with Crippen molar-refractivity contribution in [2.75, 3.05) is 6.79 Å². The highest BCUT2D eigenvalue weighted by Crippen LogP contribution is 2.18. The van der Waals surface area contributed by atoms with Gasteiger partial charge in [-0.1, -0.05) is 18.2 Å². The number of carbonyl (C=O) groups excluding carboxylic acids is 1. The number of hydrogen-bond acceptors (Lipinski definition) is 3. The van der Waals surface area contributed by atoms with E-state index in [1.54, 1.807) is 24.3 Å². The van der Waals surface area contributed by atoms with E-state index in [1.807, 2.05) is 6.07 Å². The van der Waals surface area contributed by atoms with Crippen LogP contribution in [0.15, 0.2) is 30.3 Å². The topological polar surface area (TPSA) is 46.5 Å². The summed E-state index contributed by atoms with van der Waals surface area (Å²) >= 11 is 0. The average Bonchev–Trinajstić information content (AvgIpc) is 2.17. The fraction of sp³-hybridized carbons (Fsp3) is 0.100. The van der Waals surface area contributed by atoms with Gasteiger partial charge >= 0.3 is 0 Å². The molecule has 68 valence electrons. The Labute approximate surface area is 76.3 Å². The van der Waals surface area contributed by atoms with Gasteiger partial charge in [0, 0.05) is 5.56 Å². The van der Waals surface area contributed by atoms with E-state index in [4.69, 9.17) is 9.84 Å². The van der Waals surface area contributed by atoms with Crippen molar-refractivity contribution >= 4 is 12.4 Å². The number of carbonyl (C=O) groups is 1. The number of aldehydes is 1. The van der Waals surface area contributed by atoms with Crippen molar-refractivity contribution in [3.8, 4) is 5.75 Å². The van der Waals surface area contributed by atoms with E-state index in [0.717, 1.165) is 5.56 Å². The van der Waals surface area contributed by atoms with Crippen LogP contribution in [0.2, 0.25) is 0 Å². The van der Waals surface area contributed by atoms with Crippen molar-refractivity contribution < 1.29 is 14.6 Å². The second kappa shape index (κ2) is 5.11. The summed E-state index contributed by atoms with van der Waals surface area (Å²) in [6.45, 7) is -0.369. The number of para-hydroxylation sites is 1. The molecule has 0 aromatic heterocycles. The second-order valence-electron chi connectivity index (χ2n) is 2.31. The molecule has 1 N–H and O–H groups in total. The molecule has 13 heavy (non-hydrogen) atoms. The Bertz CT molecular complexity index is 305. The predicted molar refractivity (Wildman–Crippen MR) is 49.3 cm³/mol. The minimum atomic E-state index is -0.369. The third-order valence-electron chi connectivity index (χ3n) is 1.49. The van der Waals surface area contributed by atoms with Gasteiger partial charge in [-0.2, -0.15) is 0 Å². The molecule has 0 bridgehead atoms. The van der Waals surface area contributed by atoms with Crippen LogP contribution in [0.3, 0.4) is 0 Å². The highest BCUT2D eigenvalue weighted by Gasteiger charge is 1.96. The van der Waals surface area contributed by atoms with Gasteiger partial charge in [0.2, 0.25) is 0 Å². The molecule has 0 atom stereocenters. The first-order valence-electron chi connectivity index (χ1n) is 3.83. The first-order chi connectivity index (χ1) is 6.38. The molecule has 0 saturated heterocycles. The molecule has 0 heterocycles. The number of rotatable bonds is 4. The molecule has 0 spiro atoms. The Balaban J connectivity index is 2.90. The van der Waals surface area contributed by atoms with Gasteiger partial charge in [0.15, 0.2) is 6.79 Å². The summed E-state index contributed by atoms with van der Waals surface area (Å²) in [5.41, 5.74) is 0.767. The monoisotopic (exact) mass is 178 g/mol. The van der Waals surface area contributed by atoms with Gasteiger partial charge in [-0.3, -0.25) is 4.79 Å². The number of benzene rings is 1. The highest BCUT2D eigenvalue weighted by atomic mass is 16.6. The number of ether oxygens (including phenoxy) is 1. The third kappa shape index (κ3) is 2.72. The molecular formula is C10H10O3. The van der Waals surface area contributed by atoms with Gasteiger partial charge < -0.3 is 9.84 Å². The zero-order valence-electron chi connectivity index (χ0n) is 7.01. The molecule has 0 aliphatic carbocycles. The SMILES string of the molecule is O=C/C=C/c1ccccc1OCO. The summed E-state index contributed by atoms with van der Waals surface area (Å²) < 4.78 is 4.92. The first-order valence-corrected chi connectivity index (χ1v) is 3.83. The molecule has 1 aromatic carbocycles. The Morgan fingerprint density at radius 1 is 1.38 bits per heavy atom. The van der Waals surface area contributed by atoms with Crippen LogP contribution in [0.5, 0.6) is 5.75 Å². The average molecular weight is 178 g/mol. The van der Waals surface area contributed by atoms with Crippen LogP contribution in [-0.2, 0) is 4.79 Å². The maximum absolute atomic E-state index is 10.1. The Morgan fingerprint density at radius 2 is 2.15 bits per heavy atom. The summed E-state index contributed by atoms with van der Waals surface area (Å²) in [5.74, 6) is 0.558. The fourth-order valence-electron chi connectivity index (χ4n) is 0.962. The molecule has 0 aliphatic heterocycles. The maximum atomic E-state index is 10.1. The number of aliphatic hydroxyl groups is 1. The second-order valence-corrected chi connectivity index (χ2v) is 2.31. The Morgan fingerprint density at radius 3 is 2.85 bits per heavy atom. The lowest BCUT2D eigenvalue weighted by atomic mass is 10.2. The zero-order valence-corrected chi connectivity index (χ0v) is 7.01. The predicted octanol–water partition coefficient (Wildman–Crippen LogP) is 1.23. The van der Waals surface area contributed by atoms with Gasteiger partial charge in [0.25, 0.3) is 0 Å². The van der Waals surface area contributed by atoms with E-state index in [1.165, 1.54) is 6.08 Å². The molecular weight excluding hydrogens is 168 g/mol. The Kier molecular flexibility index (Phi) is 3.73. The lowest BCUT2D eigenvalue weighted by Crippen LogP contribution is -1.95. The van der Waals surface area contributed by atoms with Gasteiger partial charge in [-0.25, -0.2) is 0 Å². The molecule has 0 amide bonds. The minimum Gasteiger partial charge on any atom is -0.467 e. The first kappa shape index (κ1) is 9.48. The van der Waals surface area contributed by atoms with E-state index >= 15 is 0 Å². The summed E-state index contributed by atoms with van der Waals surface area (Å²) in [5, 5.41) is 8.55. The Hall–Kier alpha value is -1.61. The van der Waals surface area contributed by atoms with Crippen molar-refractivity contribution in [2.45, 2.75) is 0 Å². The van der Waals surface area contributed by atoms with Crippen molar-refractivity contribution in [3.63, 3.8) is 0 Å². The van der Waals surface area contributed by atoms with Crippen LogP contribution in [0.25, 0.3) is 6.08 Å². The van der Waals surface area contributed by atoms with E-state index < -0.39 is 0 Å². The number of allylic oxidation sites excluding steroid dienone is 1. The van der Waals surface area contributed by atoms with Crippen LogP contribution in [-0.4, -0.2) is 18.2 Å². The molecule has 0 radical (unpaired) electrons. The number of aliphatic hydroxyl groups excluding tert-OH is 1. The van der Waals surface area contributed by atoms with Crippen LogP contribution >= 0.6 is 0 Å². The molecule has 3 nitrogen and oxygen atoms in total. The number of hydrogen-bond donors (Lipinski definition) is 1. The standard InChI is InChI=1S/C10H10O3/c11-7-3-5-9-4-1-2-6-10(9)13-8-12/h1-7,12H,8H2/b5-3+. The largest absolute Gasteiger partial charge is 0.467 e. The third-order valence-corrected chi connectivity index (χ3v) is 1.49. The lowest BCUT2D eigenvalue weighted by Gasteiger charge is -2.04. The highest BCUT2D eigenvalue weighted by molar-refractivity contribution is 5.75. The minimum absolute atomic E-state index is 0.369. The van der Waals surface area contributed by atoms with Crippen LogP contribution in [0.1, 0.15) is 5.56 Å². The van der Waals surface area contributed by atoms with Crippen molar-refractivity contribution in [1.29, 1.82) is 0 Å². The quantitative estimate of drug-likeness (QED) is 0.428. The zero-order chi connectivity index (χ0) is 9.52. The molecule has 3 heteroatoms. The van der Waals surface area contributed by atoms with Gasteiger partial charge in [-0.15, -0.1) is 0 Å². The summed E-state index contributed by atoms with van der Waals surface area (Å²) in [4.78, 5) is 10.1. The van der Waals surface area contributed by atoms with E-state index in [2.05, 4.69) is 0 Å². The normalized spacial score (nSPS) is 10.2. The van der Waals surface area contributed by atoms with Gasteiger partial charge in [0.05, 0.1) is 0 Å².